The average Bonchev–Trinajstić information content (AvgIpc) is 2.03. The van der Waals surface area contributed by atoms with E-state index in [4.69, 9.17) is 9.84 Å². The second-order valence-electron chi connectivity index (χ2n) is 2.94. The van der Waals surface area contributed by atoms with Crippen molar-refractivity contribution in [3.8, 4) is 0 Å². The number of hydrogen-bond donors (Lipinski definition) is 1. The summed E-state index contributed by atoms with van der Waals surface area (Å²) < 4.78 is 5.38. The maximum absolute atomic E-state index is 10.1. The van der Waals surface area contributed by atoms with Gasteiger partial charge in [0.25, 0.3) is 0 Å². The Labute approximate surface area is 73.7 Å². The fourth-order valence-corrected chi connectivity index (χ4v) is 0.781. The molecule has 1 atom stereocenters. The minimum Gasteiger partial charge on any atom is -0.481 e. The molecule has 0 fully saturated rings. The zero-order valence-electron chi connectivity index (χ0n) is 7.88. The van der Waals surface area contributed by atoms with Crippen molar-refractivity contribution in [1.82, 2.24) is 0 Å². The zero-order valence-corrected chi connectivity index (χ0v) is 7.88. The molecule has 0 aliphatic carbocycles. The zero-order chi connectivity index (χ0) is 9.40. The van der Waals surface area contributed by atoms with Gasteiger partial charge in [0.2, 0.25) is 0 Å². The van der Waals surface area contributed by atoms with E-state index >= 15 is 0 Å². The Morgan fingerprint density at radius 3 is 2.67 bits per heavy atom. The van der Waals surface area contributed by atoms with E-state index in [0.29, 0.717) is 19.1 Å². The Bertz CT molecular complexity index is 123. The Hall–Kier alpha value is -0.570. The molecular weight excluding hydrogens is 156 g/mol. The first-order chi connectivity index (χ1) is 5.66. The van der Waals surface area contributed by atoms with Crippen LogP contribution in [0.15, 0.2) is 0 Å². The Kier molecular flexibility index (Phi) is 6.76. The molecule has 0 aromatic rings. The maximum Gasteiger partial charge on any atom is 0.303 e. The molecule has 0 saturated heterocycles. The van der Waals surface area contributed by atoms with Crippen LogP contribution in [0.2, 0.25) is 0 Å². The lowest BCUT2D eigenvalue weighted by atomic mass is 10.2. The van der Waals surface area contributed by atoms with Crippen LogP contribution in [-0.2, 0) is 9.53 Å². The molecule has 0 bridgehead atoms. The van der Waals surface area contributed by atoms with E-state index in [0.717, 1.165) is 12.8 Å². The van der Waals surface area contributed by atoms with E-state index in [1.165, 1.54) is 0 Å². The molecule has 72 valence electrons. The molecule has 1 unspecified atom stereocenters. The van der Waals surface area contributed by atoms with Gasteiger partial charge in [-0.1, -0.05) is 6.92 Å². The van der Waals surface area contributed by atoms with Gasteiger partial charge >= 0.3 is 5.97 Å². The fourth-order valence-electron chi connectivity index (χ4n) is 0.781. The second-order valence-corrected chi connectivity index (χ2v) is 2.94. The van der Waals surface area contributed by atoms with Gasteiger partial charge in [-0.15, -0.1) is 0 Å². The largest absolute Gasteiger partial charge is 0.481 e. The van der Waals surface area contributed by atoms with Crippen LogP contribution in [0.1, 0.15) is 39.5 Å². The van der Waals surface area contributed by atoms with Gasteiger partial charge in [-0.05, 0) is 26.2 Å². The third-order valence-corrected chi connectivity index (χ3v) is 1.76. The van der Waals surface area contributed by atoms with Crippen molar-refractivity contribution in [3.63, 3.8) is 0 Å². The van der Waals surface area contributed by atoms with Crippen LogP contribution < -0.4 is 0 Å². The first-order valence-electron chi connectivity index (χ1n) is 4.50. The summed E-state index contributed by atoms with van der Waals surface area (Å²) in [4.78, 5) is 10.1. The highest BCUT2D eigenvalue weighted by molar-refractivity contribution is 5.66. The third kappa shape index (κ3) is 7.54. The number of aliphatic carboxylic acids is 1. The predicted molar refractivity (Wildman–Crippen MR) is 47.2 cm³/mol. The molecule has 0 aromatic carbocycles. The van der Waals surface area contributed by atoms with Crippen LogP contribution in [0.5, 0.6) is 0 Å². The number of carbonyl (C=O) groups is 1. The molecule has 0 aromatic heterocycles. The van der Waals surface area contributed by atoms with Crippen molar-refractivity contribution in [2.75, 3.05) is 6.61 Å². The van der Waals surface area contributed by atoms with Gasteiger partial charge in [0, 0.05) is 13.0 Å². The van der Waals surface area contributed by atoms with Crippen LogP contribution in [0.4, 0.5) is 0 Å². The average molecular weight is 174 g/mol. The minimum atomic E-state index is -0.724. The lowest BCUT2D eigenvalue weighted by Crippen LogP contribution is -2.07. The van der Waals surface area contributed by atoms with Crippen molar-refractivity contribution in [3.05, 3.63) is 0 Å². The molecule has 12 heavy (non-hydrogen) atoms. The highest BCUT2D eigenvalue weighted by atomic mass is 16.5. The van der Waals surface area contributed by atoms with Gasteiger partial charge in [-0.3, -0.25) is 4.79 Å². The van der Waals surface area contributed by atoms with Crippen molar-refractivity contribution >= 4 is 5.97 Å². The summed E-state index contributed by atoms with van der Waals surface area (Å²) in [5.74, 6) is -0.724. The quantitative estimate of drug-likeness (QED) is 0.601. The summed E-state index contributed by atoms with van der Waals surface area (Å²) in [5, 5.41) is 8.33. The highest BCUT2D eigenvalue weighted by Crippen LogP contribution is 2.00. The van der Waals surface area contributed by atoms with Crippen LogP contribution >= 0.6 is 0 Å². The van der Waals surface area contributed by atoms with Gasteiger partial charge in [-0.2, -0.15) is 0 Å². The van der Waals surface area contributed by atoms with Crippen LogP contribution in [0.25, 0.3) is 0 Å². The van der Waals surface area contributed by atoms with Crippen LogP contribution in [0, 0.1) is 0 Å². The van der Waals surface area contributed by atoms with E-state index in [1.807, 2.05) is 6.92 Å². The molecule has 0 saturated carbocycles. The fraction of sp³-hybridized carbons (Fsp3) is 0.889. The molecule has 0 radical (unpaired) electrons. The standard InChI is InChI=1S/C9H18O3/c1-3-8(2)12-7-5-4-6-9(10)11/h8H,3-7H2,1-2H3,(H,10,11). The van der Waals surface area contributed by atoms with Gasteiger partial charge < -0.3 is 9.84 Å². The number of rotatable bonds is 7. The van der Waals surface area contributed by atoms with Gasteiger partial charge in [-0.25, -0.2) is 0 Å². The highest BCUT2D eigenvalue weighted by Gasteiger charge is 1.99. The molecule has 0 aliphatic heterocycles. The molecule has 0 rings (SSSR count). The molecule has 0 amide bonds. The normalized spacial score (nSPS) is 12.8. The van der Waals surface area contributed by atoms with Crippen molar-refractivity contribution in [2.45, 2.75) is 45.6 Å². The molecule has 3 nitrogen and oxygen atoms in total. The SMILES string of the molecule is CCC(C)OCCCCC(=O)O. The van der Waals surface area contributed by atoms with Crippen molar-refractivity contribution < 1.29 is 14.6 Å². The maximum atomic E-state index is 10.1. The van der Waals surface area contributed by atoms with Crippen LogP contribution in [0.3, 0.4) is 0 Å². The summed E-state index contributed by atoms with van der Waals surface area (Å²) in [6.45, 7) is 4.78. The Balaban J connectivity index is 3.05. The minimum absolute atomic E-state index is 0.254. The van der Waals surface area contributed by atoms with E-state index in [9.17, 15) is 4.79 Å². The first kappa shape index (κ1) is 11.4. The van der Waals surface area contributed by atoms with E-state index in [1.54, 1.807) is 0 Å². The Morgan fingerprint density at radius 1 is 1.50 bits per heavy atom. The molecular formula is C9H18O3. The molecule has 1 N–H and O–H groups in total. The summed E-state index contributed by atoms with van der Waals surface area (Å²) in [5.41, 5.74) is 0. The van der Waals surface area contributed by atoms with E-state index in [-0.39, 0.29) is 6.42 Å². The van der Waals surface area contributed by atoms with Gasteiger partial charge in [0.15, 0.2) is 0 Å². The molecule has 0 heterocycles. The lowest BCUT2D eigenvalue weighted by molar-refractivity contribution is -0.137. The summed E-state index contributed by atoms with van der Waals surface area (Å²) in [6, 6.07) is 0. The van der Waals surface area contributed by atoms with Crippen LogP contribution in [-0.4, -0.2) is 23.8 Å². The summed E-state index contributed by atoms with van der Waals surface area (Å²) in [7, 11) is 0. The lowest BCUT2D eigenvalue weighted by Gasteiger charge is -2.09. The predicted octanol–water partition coefficient (Wildman–Crippen LogP) is 2.06. The summed E-state index contributed by atoms with van der Waals surface area (Å²) in [6.07, 6.45) is 3.13. The Morgan fingerprint density at radius 2 is 2.17 bits per heavy atom. The number of carboxylic acids is 1. The monoisotopic (exact) mass is 174 g/mol. The van der Waals surface area contributed by atoms with E-state index in [2.05, 4.69) is 6.92 Å². The van der Waals surface area contributed by atoms with E-state index < -0.39 is 5.97 Å². The van der Waals surface area contributed by atoms with Crippen molar-refractivity contribution in [1.29, 1.82) is 0 Å². The smallest absolute Gasteiger partial charge is 0.303 e. The van der Waals surface area contributed by atoms with Gasteiger partial charge in [0.1, 0.15) is 0 Å². The topological polar surface area (TPSA) is 46.5 Å². The van der Waals surface area contributed by atoms with Crippen molar-refractivity contribution in [2.24, 2.45) is 0 Å². The third-order valence-electron chi connectivity index (χ3n) is 1.76. The number of hydrogen-bond acceptors (Lipinski definition) is 2. The first-order valence-corrected chi connectivity index (χ1v) is 4.50. The molecule has 0 aliphatic rings. The number of unbranched alkanes of at least 4 members (excludes halogenated alkanes) is 1. The molecule has 3 heteroatoms. The number of ether oxygens (including phenoxy) is 1. The molecule has 0 spiro atoms. The summed E-state index contributed by atoms with van der Waals surface area (Å²) >= 11 is 0. The second kappa shape index (κ2) is 7.10. The van der Waals surface area contributed by atoms with Gasteiger partial charge in [0.05, 0.1) is 6.10 Å². The number of carboxylic acid groups (broad SMARTS) is 1.